The molecule has 4 rings (SSSR count). The van der Waals surface area contributed by atoms with Crippen molar-refractivity contribution in [2.45, 2.75) is 90.1 Å². The summed E-state index contributed by atoms with van der Waals surface area (Å²) in [5, 5.41) is 10.6. The van der Waals surface area contributed by atoms with Gasteiger partial charge in [0.1, 0.15) is 6.04 Å². The van der Waals surface area contributed by atoms with Crippen LogP contribution in [-0.2, 0) is 20.8 Å². The Morgan fingerprint density at radius 1 is 1.07 bits per heavy atom. The van der Waals surface area contributed by atoms with Crippen molar-refractivity contribution in [3.63, 3.8) is 0 Å². The van der Waals surface area contributed by atoms with Crippen molar-refractivity contribution in [3.05, 3.63) is 28.2 Å². The van der Waals surface area contributed by atoms with Gasteiger partial charge in [-0.05, 0) is 56.5 Å². The molecule has 1 aliphatic carbocycles. The molecule has 2 aromatic rings. The van der Waals surface area contributed by atoms with Crippen LogP contribution in [0.2, 0.25) is 5.02 Å². The van der Waals surface area contributed by atoms with Crippen LogP contribution in [-0.4, -0.2) is 65.9 Å². The summed E-state index contributed by atoms with van der Waals surface area (Å²) in [6, 6.07) is 4.58. The zero-order valence-electron chi connectivity index (χ0n) is 23.8. The summed E-state index contributed by atoms with van der Waals surface area (Å²) in [5.41, 5.74) is 0.825. The van der Waals surface area contributed by atoms with Gasteiger partial charge < -0.3 is 20.9 Å². The summed E-state index contributed by atoms with van der Waals surface area (Å²) in [4.78, 5) is 46.0. The number of benzene rings is 1. The Morgan fingerprint density at radius 3 is 2.55 bits per heavy atom. The first-order chi connectivity index (χ1) is 19.3. The second kappa shape index (κ2) is 15.1. The van der Waals surface area contributed by atoms with Gasteiger partial charge >= 0.3 is 0 Å². The summed E-state index contributed by atoms with van der Waals surface area (Å²) in [7, 11) is 0. The first kappa shape index (κ1) is 30.7. The zero-order valence-corrected chi connectivity index (χ0v) is 25.4. The fraction of sp³-hybridized carbons (Fsp3) is 0.667. The predicted octanol–water partition coefficient (Wildman–Crippen LogP) is 4.69. The number of nitrogens with one attached hydrogen (secondary N) is 3. The molecule has 1 aromatic carbocycles. The number of likely N-dealkylation sites (tertiary alicyclic amines) is 1. The van der Waals surface area contributed by atoms with Crippen LogP contribution in [0.1, 0.15) is 76.6 Å². The molecule has 3 N–H and O–H groups in total. The standard InChI is InChI=1S/C30H44ClN5O3S/c1-3-27(37)34-25(17-28-35-24-12-11-22(31)16-26(24)40-28)30(39)33-23(15-21-9-5-4-6-10-21)18-32-29(38)20(2)19-36-13-7-8-14-36/h11-12,16,20-21,23,25H,3-10,13-15,17-19H2,1-2H3,(H,32,38)(H,33,39)(H,34,37)/t20?,23?,25-/m0/s1. The molecular formula is C30H44ClN5O3S. The van der Waals surface area contributed by atoms with Crippen LogP contribution in [0.4, 0.5) is 0 Å². The molecule has 1 aliphatic heterocycles. The molecular weight excluding hydrogens is 546 g/mol. The number of hydrogen-bond donors (Lipinski definition) is 3. The summed E-state index contributed by atoms with van der Waals surface area (Å²) in [6.07, 6.45) is 9.78. The third kappa shape index (κ3) is 9.14. The normalized spacial score (nSPS) is 18.8. The summed E-state index contributed by atoms with van der Waals surface area (Å²) in [6.45, 7) is 7.02. The maximum atomic E-state index is 13.6. The second-order valence-corrected chi connectivity index (χ2v) is 13.0. The van der Waals surface area contributed by atoms with Crippen molar-refractivity contribution in [1.82, 2.24) is 25.8 Å². The second-order valence-electron chi connectivity index (χ2n) is 11.5. The molecule has 2 heterocycles. The Labute approximate surface area is 247 Å². The SMILES string of the molecule is CCC(=O)N[C@@H](Cc1nc2ccc(Cl)cc2s1)C(=O)NC(CNC(=O)C(C)CN1CCCC1)CC1CCCCC1. The van der Waals surface area contributed by atoms with Crippen LogP contribution >= 0.6 is 22.9 Å². The van der Waals surface area contributed by atoms with E-state index in [1.165, 1.54) is 43.4 Å². The highest BCUT2D eigenvalue weighted by Gasteiger charge is 2.28. The number of carbonyl (C=O) groups excluding carboxylic acids is 3. The largest absolute Gasteiger partial charge is 0.354 e. The molecule has 1 saturated heterocycles. The van der Waals surface area contributed by atoms with E-state index in [1.54, 1.807) is 13.0 Å². The number of nitrogens with zero attached hydrogens (tertiary/aromatic N) is 2. The lowest BCUT2D eigenvalue weighted by Crippen LogP contribution is -2.53. The van der Waals surface area contributed by atoms with E-state index in [1.807, 2.05) is 19.1 Å². The quantitative estimate of drug-likeness (QED) is 0.314. The number of aromatic nitrogens is 1. The molecule has 1 aromatic heterocycles. The van der Waals surface area contributed by atoms with Gasteiger partial charge in [0.25, 0.3) is 0 Å². The van der Waals surface area contributed by atoms with Gasteiger partial charge in [0, 0.05) is 42.9 Å². The highest BCUT2D eigenvalue weighted by Crippen LogP contribution is 2.28. The van der Waals surface area contributed by atoms with Crippen molar-refractivity contribution in [3.8, 4) is 0 Å². The molecule has 2 aliphatic rings. The summed E-state index contributed by atoms with van der Waals surface area (Å²) in [5.74, 6) is 0.0270. The Hall–Kier alpha value is -2.23. The highest BCUT2D eigenvalue weighted by atomic mass is 35.5. The van der Waals surface area contributed by atoms with E-state index < -0.39 is 6.04 Å². The van der Waals surface area contributed by atoms with Gasteiger partial charge in [-0.1, -0.05) is 57.6 Å². The molecule has 1 saturated carbocycles. The number of carbonyl (C=O) groups is 3. The number of fused-ring (bicyclic) bond motifs is 1. The van der Waals surface area contributed by atoms with Crippen LogP contribution in [0, 0.1) is 11.8 Å². The lowest BCUT2D eigenvalue weighted by molar-refractivity contribution is -0.129. The van der Waals surface area contributed by atoms with Crippen LogP contribution < -0.4 is 16.0 Å². The number of hydrogen-bond acceptors (Lipinski definition) is 6. The first-order valence-electron chi connectivity index (χ1n) is 15.0. The monoisotopic (exact) mass is 589 g/mol. The highest BCUT2D eigenvalue weighted by molar-refractivity contribution is 7.18. The van der Waals surface area contributed by atoms with Gasteiger partial charge in [0.15, 0.2) is 0 Å². The first-order valence-corrected chi connectivity index (χ1v) is 16.1. The topological polar surface area (TPSA) is 103 Å². The van der Waals surface area contributed by atoms with Crippen molar-refractivity contribution < 1.29 is 14.4 Å². The van der Waals surface area contributed by atoms with E-state index in [9.17, 15) is 14.4 Å². The van der Waals surface area contributed by atoms with Gasteiger partial charge in [-0.3, -0.25) is 14.4 Å². The van der Waals surface area contributed by atoms with Crippen molar-refractivity contribution in [2.24, 2.45) is 11.8 Å². The van der Waals surface area contributed by atoms with Gasteiger partial charge in [-0.25, -0.2) is 4.98 Å². The third-order valence-corrected chi connectivity index (χ3v) is 9.41. The molecule has 40 heavy (non-hydrogen) atoms. The van der Waals surface area contributed by atoms with Crippen molar-refractivity contribution in [2.75, 3.05) is 26.2 Å². The van der Waals surface area contributed by atoms with Crippen LogP contribution in [0.15, 0.2) is 18.2 Å². The molecule has 0 bridgehead atoms. The fourth-order valence-corrected chi connectivity index (χ4v) is 7.16. The van der Waals surface area contributed by atoms with E-state index >= 15 is 0 Å². The lowest BCUT2D eigenvalue weighted by Gasteiger charge is -2.29. The van der Waals surface area contributed by atoms with Gasteiger partial charge in [-0.2, -0.15) is 0 Å². The van der Waals surface area contributed by atoms with E-state index in [0.29, 0.717) is 23.9 Å². The molecule has 2 unspecified atom stereocenters. The van der Waals surface area contributed by atoms with E-state index in [-0.39, 0.29) is 36.1 Å². The van der Waals surface area contributed by atoms with Crippen LogP contribution in [0.3, 0.4) is 0 Å². The van der Waals surface area contributed by atoms with Crippen molar-refractivity contribution >= 4 is 50.9 Å². The minimum absolute atomic E-state index is 0.0266. The van der Waals surface area contributed by atoms with E-state index in [0.717, 1.165) is 54.1 Å². The van der Waals surface area contributed by atoms with Gasteiger partial charge in [0.05, 0.1) is 15.2 Å². The maximum absolute atomic E-state index is 13.6. The maximum Gasteiger partial charge on any atom is 0.243 e. The number of halogens is 1. The molecule has 0 spiro atoms. The summed E-state index contributed by atoms with van der Waals surface area (Å²) >= 11 is 7.63. The Balaban J connectivity index is 1.42. The smallest absolute Gasteiger partial charge is 0.243 e. The van der Waals surface area contributed by atoms with Crippen LogP contribution in [0.25, 0.3) is 10.2 Å². The summed E-state index contributed by atoms with van der Waals surface area (Å²) < 4.78 is 0.949. The molecule has 10 heteroatoms. The van der Waals surface area contributed by atoms with E-state index in [4.69, 9.17) is 11.6 Å². The van der Waals surface area contributed by atoms with Gasteiger partial charge in [0.2, 0.25) is 17.7 Å². The number of amides is 3. The fourth-order valence-electron chi connectivity index (χ4n) is 5.87. The minimum atomic E-state index is -0.748. The Kier molecular flexibility index (Phi) is 11.6. The lowest BCUT2D eigenvalue weighted by atomic mass is 9.84. The molecule has 220 valence electrons. The molecule has 2 fully saturated rings. The molecule has 3 atom stereocenters. The molecule has 0 radical (unpaired) electrons. The van der Waals surface area contributed by atoms with Crippen molar-refractivity contribution in [1.29, 1.82) is 0 Å². The average molecular weight is 590 g/mol. The Bertz CT molecular complexity index is 1150. The zero-order chi connectivity index (χ0) is 28.5. The molecule has 3 amide bonds. The molecule has 8 nitrogen and oxygen atoms in total. The number of rotatable bonds is 13. The minimum Gasteiger partial charge on any atom is -0.354 e. The predicted molar refractivity (Wildman–Crippen MR) is 162 cm³/mol. The van der Waals surface area contributed by atoms with E-state index in [2.05, 4.69) is 25.8 Å². The van der Waals surface area contributed by atoms with Gasteiger partial charge in [-0.15, -0.1) is 11.3 Å². The third-order valence-electron chi connectivity index (χ3n) is 8.14. The average Bonchev–Trinajstić information content (AvgIpc) is 3.60. The van der Waals surface area contributed by atoms with Crippen LogP contribution in [0.5, 0.6) is 0 Å². The number of thiazole rings is 1. The Morgan fingerprint density at radius 2 is 1.82 bits per heavy atom.